The molecule has 3 aromatic rings. The second-order valence-electron chi connectivity index (χ2n) is 5.11. The predicted octanol–water partition coefficient (Wildman–Crippen LogP) is 4.35. The second-order valence-corrected chi connectivity index (χ2v) is 5.11. The zero-order chi connectivity index (χ0) is 15.0. The Labute approximate surface area is 122 Å². The summed E-state index contributed by atoms with van der Waals surface area (Å²) in [6.07, 6.45) is 0. The summed E-state index contributed by atoms with van der Waals surface area (Å²) < 4.78 is 18.8. The minimum atomic E-state index is -0.247. The summed E-state index contributed by atoms with van der Waals surface area (Å²) in [4.78, 5) is 0. The van der Waals surface area contributed by atoms with E-state index >= 15 is 0 Å². The Bertz CT molecular complexity index is 808. The standard InChI is InChI=1S/C17H15FN2O/c1-10-4-3-5-12(8-10)15-16(21-20-17(15)19)13-6-7-14(18)11(2)9-13/h3-9H,1-2H3,(H2,19,20). The molecule has 0 unspecified atom stereocenters. The van der Waals surface area contributed by atoms with Crippen LogP contribution in [0.15, 0.2) is 47.0 Å². The van der Waals surface area contributed by atoms with Gasteiger partial charge in [0.25, 0.3) is 0 Å². The van der Waals surface area contributed by atoms with Gasteiger partial charge in [0.15, 0.2) is 11.6 Å². The number of anilines is 1. The van der Waals surface area contributed by atoms with Crippen molar-refractivity contribution >= 4 is 5.82 Å². The van der Waals surface area contributed by atoms with Crippen LogP contribution in [-0.2, 0) is 0 Å². The molecule has 0 radical (unpaired) electrons. The van der Waals surface area contributed by atoms with E-state index in [1.807, 2.05) is 31.2 Å². The van der Waals surface area contributed by atoms with Crippen molar-refractivity contribution in [1.29, 1.82) is 0 Å². The molecule has 0 fully saturated rings. The van der Waals surface area contributed by atoms with E-state index in [1.54, 1.807) is 19.1 Å². The molecule has 2 N–H and O–H groups in total. The third-order valence-corrected chi connectivity index (χ3v) is 3.45. The van der Waals surface area contributed by atoms with Crippen LogP contribution in [0.3, 0.4) is 0 Å². The van der Waals surface area contributed by atoms with E-state index in [1.165, 1.54) is 6.07 Å². The van der Waals surface area contributed by atoms with Gasteiger partial charge < -0.3 is 10.3 Å². The van der Waals surface area contributed by atoms with Crippen LogP contribution in [0.1, 0.15) is 11.1 Å². The summed E-state index contributed by atoms with van der Waals surface area (Å²) in [5.41, 5.74) is 10.1. The molecule has 3 rings (SSSR count). The van der Waals surface area contributed by atoms with Gasteiger partial charge in [-0.15, -0.1) is 0 Å². The number of nitrogens with zero attached hydrogens (tertiary/aromatic N) is 1. The molecule has 4 heteroatoms. The van der Waals surface area contributed by atoms with Crippen molar-refractivity contribution in [2.45, 2.75) is 13.8 Å². The highest BCUT2D eigenvalue weighted by Crippen LogP contribution is 2.37. The van der Waals surface area contributed by atoms with E-state index in [0.29, 0.717) is 17.1 Å². The summed E-state index contributed by atoms with van der Waals surface area (Å²) in [6, 6.07) is 12.8. The maximum absolute atomic E-state index is 13.4. The van der Waals surface area contributed by atoms with Gasteiger partial charge in [0.05, 0.1) is 5.56 Å². The lowest BCUT2D eigenvalue weighted by Gasteiger charge is -2.05. The van der Waals surface area contributed by atoms with Crippen LogP contribution in [0, 0.1) is 19.7 Å². The summed E-state index contributed by atoms with van der Waals surface area (Å²) in [6.45, 7) is 3.72. The van der Waals surface area contributed by atoms with Gasteiger partial charge in [0.2, 0.25) is 0 Å². The lowest BCUT2D eigenvalue weighted by Crippen LogP contribution is -1.90. The molecule has 1 aromatic heterocycles. The van der Waals surface area contributed by atoms with Gasteiger partial charge in [-0.05, 0) is 43.2 Å². The first-order valence-electron chi connectivity index (χ1n) is 6.65. The fraction of sp³-hybridized carbons (Fsp3) is 0.118. The van der Waals surface area contributed by atoms with Gasteiger partial charge >= 0.3 is 0 Å². The minimum Gasteiger partial charge on any atom is -0.380 e. The Kier molecular flexibility index (Phi) is 3.22. The van der Waals surface area contributed by atoms with Crippen molar-refractivity contribution in [3.63, 3.8) is 0 Å². The first-order valence-corrected chi connectivity index (χ1v) is 6.65. The van der Waals surface area contributed by atoms with Crippen molar-refractivity contribution in [1.82, 2.24) is 5.16 Å². The number of benzene rings is 2. The number of rotatable bonds is 2. The Morgan fingerprint density at radius 1 is 1.05 bits per heavy atom. The summed E-state index contributed by atoms with van der Waals surface area (Å²) in [7, 11) is 0. The van der Waals surface area contributed by atoms with Gasteiger partial charge in [0, 0.05) is 5.56 Å². The van der Waals surface area contributed by atoms with Gasteiger partial charge in [-0.3, -0.25) is 0 Å². The first-order chi connectivity index (χ1) is 10.1. The van der Waals surface area contributed by atoms with E-state index < -0.39 is 0 Å². The molecule has 0 aliphatic rings. The van der Waals surface area contributed by atoms with E-state index in [2.05, 4.69) is 5.16 Å². The van der Waals surface area contributed by atoms with Crippen LogP contribution in [-0.4, -0.2) is 5.16 Å². The second kappa shape index (κ2) is 5.05. The molecule has 0 spiro atoms. The number of aromatic nitrogens is 1. The molecular formula is C17H15FN2O. The van der Waals surface area contributed by atoms with Crippen LogP contribution >= 0.6 is 0 Å². The molecule has 106 valence electrons. The Morgan fingerprint density at radius 3 is 2.57 bits per heavy atom. The fourth-order valence-corrected chi connectivity index (χ4v) is 2.36. The largest absolute Gasteiger partial charge is 0.380 e. The van der Waals surface area contributed by atoms with Crippen LogP contribution < -0.4 is 5.73 Å². The van der Waals surface area contributed by atoms with Crippen LogP contribution in [0.25, 0.3) is 22.5 Å². The number of nitrogens with two attached hydrogens (primary N) is 1. The van der Waals surface area contributed by atoms with Crippen molar-refractivity contribution < 1.29 is 8.91 Å². The molecule has 0 saturated heterocycles. The maximum Gasteiger partial charge on any atom is 0.176 e. The summed E-state index contributed by atoms with van der Waals surface area (Å²) in [5, 5.41) is 3.86. The molecule has 0 atom stereocenters. The van der Waals surface area contributed by atoms with E-state index in [0.717, 1.165) is 22.3 Å². The zero-order valence-electron chi connectivity index (χ0n) is 11.9. The molecule has 3 nitrogen and oxygen atoms in total. The Balaban J connectivity index is 2.19. The molecule has 0 saturated carbocycles. The molecule has 0 aliphatic carbocycles. The highest BCUT2D eigenvalue weighted by atomic mass is 19.1. The Hall–Kier alpha value is -2.62. The lowest BCUT2D eigenvalue weighted by molar-refractivity contribution is 0.436. The topological polar surface area (TPSA) is 52.0 Å². The third-order valence-electron chi connectivity index (χ3n) is 3.45. The molecule has 0 bridgehead atoms. The fourth-order valence-electron chi connectivity index (χ4n) is 2.36. The SMILES string of the molecule is Cc1cccc(-c2c(N)noc2-c2ccc(F)c(C)c2)c1. The molecule has 21 heavy (non-hydrogen) atoms. The number of nitrogen functional groups attached to an aromatic ring is 1. The maximum atomic E-state index is 13.4. The summed E-state index contributed by atoms with van der Waals surface area (Å²) >= 11 is 0. The van der Waals surface area contributed by atoms with Gasteiger partial charge in [-0.1, -0.05) is 35.0 Å². The third kappa shape index (κ3) is 2.40. The van der Waals surface area contributed by atoms with Gasteiger partial charge in [-0.2, -0.15) is 0 Å². The average molecular weight is 282 g/mol. The Morgan fingerprint density at radius 2 is 1.86 bits per heavy atom. The van der Waals surface area contributed by atoms with Gasteiger partial charge in [0.1, 0.15) is 5.82 Å². The highest BCUT2D eigenvalue weighted by molar-refractivity contribution is 5.86. The van der Waals surface area contributed by atoms with Gasteiger partial charge in [-0.25, -0.2) is 4.39 Å². The van der Waals surface area contributed by atoms with E-state index in [4.69, 9.17) is 10.3 Å². The van der Waals surface area contributed by atoms with Crippen molar-refractivity contribution in [2.75, 3.05) is 5.73 Å². The lowest BCUT2D eigenvalue weighted by atomic mass is 9.99. The van der Waals surface area contributed by atoms with Crippen molar-refractivity contribution in [3.05, 3.63) is 59.4 Å². The van der Waals surface area contributed by atoms with Crippen molar-refractivity contribution in [3.8, 4) is 22.5 Å². The van der Waals surface area contributed by atoms with Crippen LogP contribution in [0.2, 0.25) is 0 Å². The number of hydrogen-bond acceptors (Lipinski definition) is 3. The predicted molar refractivity (Wildman–Crippen MR) is 81.2 cm³/mol. The smallest absolute Gasteiger partial charge is 0.176 e. The van der Waals surface area contributed by atoms with E-state index in [9.17, 15) is 4.39 Å². The van der Waals surface area contributed by atoms with Crippen LogP contribution in [0.4, 0.5) is 10.2 Å². The normalized spacial score (nSPS) is 10.8. The first kappa shape index (κ1) is 13.4. The monoisotopic (exact) mass is 282 g/mol. The summed E-state index contributed by atoms with van der Waals surface area (Å²) in [5.74, 6) is 0.641. The zero-order valence-corrected chi connectivity index (χ0v) is 11.9. The molecular weight excluding hydrogens is 267 g/mol. The molecule has 1 heterocycles. The number of aryl methyl sites for hydroxylation is 2. The van der Waals surface area contributed by atoms with Crippen LogP contribution in [0.5, 0.6) is 0 Å². The number of halogens is 1. The quantitative estimate of drug-likeness (QED) is 0.760. The molecule has 2 aromatic carbocycles. The van der Waals surface area contributed by atoms with Crippen molar-refractivity contribution in [2.24, 2.45) is 0 Å². The highest BCUT2D eigenvalue weighted by Gasteiger charge is 2.18. The van der Waals surface area contributed by atoms with E-state index in [-0.39, 0.29) is 5.82 Å². The molecule has 0 aliphatic heterocycles. The molecule has 0 amide bonds. The minimum absolute atomic E-state index is 0.247. The average Bonchev–Trinajstić information content (AvgIpc) is 2.84. The number of hydrogen-bond donors (Lipinski definition) is 1.